The third-order valence-electron chi connectivity index (χ3n) is 1.89. The Bertz CT molecular complexity index is 151. The van der Waals surface area contributed by atoms with Crippen molar-refractivity contribution in [1.82, 2.24) is 0 Å². The minimum Gasteiger partial charge on any atom is -0.377 e. The lowest BCUT2D eigenvalue weighted by atomic mass is 10.4. The molecule has 0 aromatic heterocycles. The second kappa shape index (κ2) is 5.05. The molecule has 0 rings (SSSR count). The van der Waals surface area contributed by atoms with Gasteiger partial charge < -0.3 is 4.74 Å². The summed E-state index contributed by atoms with van der Waals surface area (Å²) in [7, 11) is -1.52. The Morgan fingerprint density at radius 3 is 2.42 bits per heavy atom. The molecule has 0 saturated carbocycles. The zero-order valence-electron chi connectivity index (χ0n) is 8.48. The first-order valence-corrected chi connectivity index (χ1v) is 8.34. The Balaban J connectivity index is 3.58. The Morgan fingerprint density at radius 2 is 2.08 bits per heavy atom. The molecule has 1 nitrogen and oxygen atoms in total. The molecule has 0 bridgehead atoms. The van der Waals surface area contributed by atoms with E-state index in [9.17, 15) is 0 Å². The molecule has 1 unspecified atom stereocenters. The number of hydrogen-bond acceptors (Lipinski definition) is 1. The first-order chi connectivity index (χ1) is 5.34. The van der Waals surface area contributed by atoms with E-state index in [4.69, 9.17) is 15.8 Å². The third-order valence-corrected chi connectivity index (χ3v) is 5.52. The summed E-state index contributed by atoms with van der Waals surface area (Å²) in [6.45, 7) is 13.6. The Hall–Kier alpha value is 0.207. The predicted molar refractivity (Wildman–Crippen MR) is 58.4 cm³/mol. The fraction of sp³-hybridized carbons (Fsp3) is 0.778. The standard InChI is InChI=1S/C9H19ClOSi/c1-8(2)6-11-7-9(3)12(4,5)10/h9H,1,6-7H2,2-5H3. The lowest BCUT2D eigenvalue weighted by molar-refractivity contribution is 0.156. The van der Waals surface area contributed by atoms with E-state index >= 15 is 0 Å². The first kappa shape index (κ1) is 12.2. The molecule has 0 saturated heterocycles. The van der Waals surface area contributed by atoms with Crippen molar-refractivity contribution in [3.05, 3.63) is 12.2 Å². The van der Waals surface area contributed by atoms with Crippen molar-refractivity contribution >= 4 is 18.5 Å². The van der Waals surface area contributed by atoms with Crippen molar-refractivity contribution in [3.8, 4) is 0 Å². The molecule has 0 aliphatic heterocycles. The summed E-state index contributed by atoms with van der Waals surface area (Å²) in [5, 5.41) is 0. The van der Waals surface area contributed by atoms with Crippen LogP contribution < -0.4 is 0 Å². The molecule has 0 aromatic carbocycles. The lowest BCUT2D eigenvalue weighted by Crippen LogP contribution is -2.26. The maximum atomic E-state index is 6.24. The summed E-state index contributed by atoms with van der Waals surface area (Å²) in [5.41, 5.74) is 1.56. The summed E-state index contributed by atoms with van der Waals surface area (Å²) in [5.74, 6) is 0. The second-order valence-electron chi connectivity index (χ2n) is 3.94. The van der Waals surface area contributed by atoms with Crippen molar-refractivity contribution in [2.75, 3.05) is 13.2 Å². The van der Waals surface area contributed by atoms with Crippen LogP contribution in [0.2, 0.25) is 18.6 Å². The molecule has 0 amide bonds. The molecule has 0 fully saturated rings. The van der Waals surface area contributed by atoms with Gasteiger partial charge in [-0.05, 0) is 12.5 Å². The Labute approximate surface area is 81.5 Å². The van der Waals surface area contributed by atoms with Crippen molar-refractivity contribution in [3.63, 3.8) is 0 Å². The second-order valence-corrected chi connectivity index (χ2v) is 11.0. The predicted octanol–water partition coefficient (Wildman–Crippen LogP) is 3.41. The topological polar surface area (TPSA) is 9.23 Å². The van der Waals surface area contributed by atoms with Gasteiger partial charge >= 0.3 is 0 Å². The highest BCUT2D eigenvalue weighted by Crippen LogP contribution is 2.25. The molecule has 0 aromatic rings. The van der Waals surface area contributed by atoms with Gasteiger partial charge in [0.1, 0.15) is 0 Å². The summed E-state index contributed by atoms with van der Waals surface area (Å²) in [4.78, 5) is 0. The molecule has 3 heteroatoms. The third kappa shape index (κ3) is 5.81. The zero-order chi connectivity index (χ0) is 9.78. The van der Waals surface area contributed by atoms with E-state index in [1.807, 2.05) is 6.92 Å². The average molecular weight is 207 g/mol. The van der Waals surface area contributed by atoms with Gasteiger partial charge in [-0.25, -0.2) is 0 Å². The highest BCUT2D eigenvalue weighted by molar-refractivity contribution is 7.19. The summed E-state index contributed by atoms with van der Waals surface area (Å²) in [6.07, 6.45) is 0. The van der Waals surface area contributed by atoms with Gasteiger partial charge in [0, 0.05) is 6.61 Å². The van der Waals surface area contributed by atoms with E-state index in [1.54, 1.807) is 0 Å². The van der Waals surface area contributed by atoms with Crippen molar-refractivity contribution in [2.45, 2.75) is 32.5 Å². The fourth-order valence-electron chi connectivity index (χ4n) is 0.608. The van der Waals surface area contributed by atoms with E-state index < -0.39 is 7.38 Å². The van der Waals surface area contributed by atoms with Crippen molar-refractivity contribution in [1.29, 1.82) is 0 Å². The minimum atomic E-state index is -1.52. The van der Waals surface area contributed by atoms with E-state index in [2.05, 4.69) is 26.6 Å². The van der Waals surface area contributed by atoms with Crippen LogP contribution in [-0.2, 0) is 4.74 Å². The van der Waals surface area contributed by atoms with Gasteiger partial charge in [0.25, 0.3) is 0 Å². The largest absolute Gasteiger partial charge is 0.377 e. The molecule has 0 radical (unpaired) electrons. The van der Waals surface area contributed by atoms with Crippen LogP contribution >= 0.6 is 11.1 Å². The normalized spacial score (nSPS) is 14.4. The molecule has 0 heterocycles. The molecule has 72 valence electrons. The SMILES string of the molecule is C=C(C)COCC(C)[Si](C)(C)Cl. The zero-order valence-corrected chi connectivity index (χ0v) is 10.2. The monoisotopic (exact) mass is 206 g/mol. The smallest absolute Gasteiger partial charge is 0.155 e. The maximum Gasteiger partial charge on any atom is 0.155 e. The fourth-order valence-corrected chi connectivity index (χ4v) is 1.31. The van der Waals surface area contributed by atoms with Crippen molar-refractivity contribution in [2.24, 2.45) is 0 Å². The van der Waals surface area contributed by atoms with Gasteiger partial charge in [-0.2, -0.15) is 11.1 Å². The molecule has 1 atom stereocenters. The molecular weight excluding hydrogens is 188 g/mol. The average Bonchev–Trinajstić information content (AvgIpc) is 1.84. The highest BCUT2D eigenvalue weighted by Gasteiger charge is 2.25. The quantitative estimate of drug-likeness (QED) is 0.381. The Kier molecular flexibility index (Phi) is 5.14. The highest BCUT2D eigenvalue weighted by atomic mass is 35.6. The van der Waals surface area contributed by atoms with Crippen LogP contribution in [0.5, 0.6) is 0 Å². The molecule has 0 N–H and O–H groups in total. The molecule has 12 heavy (non-hydrogen) atoms. The number of rotatable bonds is 5. The minimum absolute atomic E-state index is 0.499. The molecule has 0 spiro atoms. The van der Waals surface area contributed by atoms with E-state index in [-0.39, 0.29) is 0 Å². The maximum absolute atomic E-state index is 6.24. The van der Waals surface area contributed by atoms with E-state index in [0.717, 1.165) is 12.2 Å². The summed E-state index contributed by atoms with van der Waals surface area (Å²) in [6, 6.07) is 0. The van der Waals surface area contributed by atoms with Gasteiger partial charge in [0.15, 0.2) is 7.38 Å². The summed E-state index contributed by atoms with van der Waals surface area (Å²) < 4.78 is 5.43. The van der Waals surface area contributed by atoms with Gasteiger partial charge in [-0.15, -0.1) is 0 Å². The lowest BCUT2D eigenvalue weighted by Gasteiger charge is -2.21. The molecule has 0 aliphatic rings. The number of hydrogen-bond donors (Lipinski definition) is 0. The van der Waals surface area contributed by atoms with Crippen molar-refractivity contribution < 1.29 is 4.74 Å². The van der Waals surface area contributed by atoms with E-state index in [1.165, 1.54) is 0 Å². The first-order valence-electron chi connectivity index (χ1n) is 4.25. The summed E-state index contributed by atoms with van der Waals surface area (Å²) >= 11 is 6.24. The van der Waals surface area contributed by atoms with Crippen LogP contribution in [0.25, 0.3) is 0 Å². The van der Waals surface area contributed by atoms with E-state index in [0.29, 0.717) is 12.1 Å². The van der Waals surface area contributed by atoms with Crippen LogP contribution in [0, 0.1) is 0 Å². The number of halogens is 1. The van der Waals surface area contributed by atoms with Crippen LogP contribution in [0.3, 0.4) is 0 Å². The van der Waals surface area contributed by atoms with Crippen LogP contribution in [-0.4, -0.2) is 20.6 Å². The van der Waals surface area contributed by atoms with Gasteiger partial charge in [-0.1, -0.05) is 32.2 Å². The van der Waals surface area contributed by atoms with Crippen LogP contribution in [0.15, 0.2) is 12.2 Å². The van der Waals surface area contributed by atoms with Gasteiger partial charge in [0.2, 0.25) is 0 Å². The van der Waals surface area contributed by atoms with Crippen LogP contribution in [0.4, 0.5) is 0 Å². The van der Waals surface area contributed by atoms with Gasteiger partial charge in [-0.3, -0.25) is 0 Å². The van der Waals surface area contributed by atoms with Crippen LogP contribution in [0.1, 0.15) is 13.8 Å². The molecule has 0 aliphatic carbocycles. The number of ether oxygens (including phenoxy) is 1. The Morgan fingerprint density at radius 1 is 1.58 bits per heavy atom. The van der Waals surface area contributed by atoms with Gasteiger partial charge in [0.05, 0.1) is 6.61 Å². The molecular formula is C9H19ClOSi.